The quantitative estimate of drug-likeness (QED) is 0.820. The molecule has 0 saturated carbocycles. The molecule has 1 N–H and O–H groups in total. The molecule has 1 aromatic rings. The number of hydrogen-bond acceptors (Lipinski definition) is 2. The summed E-state index contributed by atoms with van der Waals surface area (Å²) in [5.74, 6) is 0.459. The first-order chi connectivity index (χ1) is 8.02. The summed E-state index contributed by atoms with van der Waals surface area (Å²) in [4.78, 5) is 1.94. The minimum Gasteiger partial charge on any atom is -0.371 e. The van der Waals surface area contributed by atoms with E-state index < -0.39 is 0 Å². The van der Waals surface area contributed by atoms with Crippen LogP contribution >= 0.6 is 0 Å². The molecule has 1 atom stereocenters. The van der Waals surface area contributed by atoms with Gasteiger partial charge >= 0.3 is 0 Å². The van der Waals surface area contributed by atoms with Gasteiger partial charge in [-0.1, -0.05) is 26.0 Å². The highest BCUT2D eigenvalue weighted by molar-refractivity contribution is 5.46. The van der Waals surface area contributed by atoms with E-state index in [2.05, 4.69) is 26.1 Å². The van der Waals surface area contributed by atoms with Gasteiger partial charge in [0.15, 0.2) is 0 Å². The van der Waals surface area contributed by atoms with Gasteiger partial charge in [0.1, 0.15) is 5.82 Å². The molecule has 1 aromatic carbocycles. The number of rotatable bonds is 6. The van der Waals surface area contributed by atoms with E-state index in [1.807, 2.05) is 18.0 Å². The lowest BCUT2D eigenvalue weighted by atomic mass is 10.1. The first kappa shape index (κ1) is 14.0. The van der Waals surface area contributed by atoms with Crippen molar-refractivity contribution in [2.75, 3.05) is 25.0 Å². The Morgan fingerprint density at radius 3 is 2.47 bits per heavy atom. The lowest BCUT2D eigenvalue weighted by Gasteiger charge is -2.23. The van der Waals surface area contributed by atoms with Crippen molar-refractivity contribution in [2.45, 2.75) is 26.8 Å². The van der Waals surface area contributed by atoms with Gasteiger partial charge in [0.25, 0.3) is 0 Å². The molecule has 0 saturated heterocycles. The van der Waals surface area contributed by atoms with Crippen molar-refractivity contribution in [2.24, 2.45) is 5.92 Å². The highest BCUT2D eigenvalue weighted by atomic mass is 19.1. The number of nitrogens with one attached hydrogen (secondary N) is 1. The zero-order valence-electron chi connectivity index (χ0n) is 11.2. The third kappa shape index (κ3) is 4.35. The van der Waals surface area contributed by atoms with E-state index in [-0.39, 0.29) is 5.82 Å². The van der Waals surface area contributed by atoms with Crippen LogP contribution in [0.5, 0.6) is 0 Å². The van der Waals surface area contributed by atoms with E-state index in [1.54, 1.807) is 12.1 Å². The average molecular weight is 238 g/mol. The second-order valence-electron chi connectivity index (χ2n) is 4.86. The number of anilines is 1. The zero-order chi connectivity index (χ0) is 12.8. The third-order valence-electron chi connectivity index (χ3n) is 3.18. The molecule has 0 aromatic heterocycles. The molecule has 1 rings (SSSR count). The fourth-order valence-electron chi connectivity index (χ4n) is 1.58. The maximum absolute atomic E-state index is 13.5. The summed E-state index contributed by atoms with van der Waals surface area (Å²) >= 11 is 0. The third-order valence-corrected chi connectivity index (χ3v) is 3.18. The van der Waals surface area contributed by atoms with E-state index in [4.69, 9.17) is 0 Å². The molecule has 0 aliphatic carbocycles. The summed E-state index contributed by atoms with van der Waals surface area (Å²) in [6.07, 6.45) is 0. The van der Waals surface area contributed by atoms with Gasteiger partial charge in [-0.25, -0.2) is 4.39 Å². The zero-order valence-corrected chi connectivity index (χ0v) is 11.2. The molecular formula is C14H23FN2. The topological polar surface area (TPSA) is 15.3 Å². The molecule has 0 fully saturated rings. The molecule has 17 heavy (non-hydrogen) atoms. The van der Waals surface area contributed by atoms with Gasteiger partial charge in [0, 0.05) is 26.2 Å². The van der Waals surface area contributed by atoms with Crippen molar-refractivity contribution in [1.82, 2.24) is 5.32 Å². The van der Waals surface area contributed by atoms with Gasteiger partial charge in [-0.15, -0.1) is 0 Å². The first-order valence-electron chi connectivity index (χ1n) is 6.21. The summed E-state index contributed by atoms with van der Waals surface area (Å²) in [5.41, 5.74) is 0.659. The molecule has 1 unspecified atom stereocenters. The summed E-state index contributed by atoms with van der Waals surface area (Å²) in [7, 11) is 1.92. The second-order valence-corrected chi connectivity index (χ2v) is 4.86. The molecule has 0 radical (unpaired) electrons. The minimum absolute atomic E-state index is 0.160. The first-order valence-corrected chi connectivity index (χ1v) is 6.21. The lowest BCUT2D eigenvalue weighted by molar-refractivity contribution is 0.431. The van der Waals surface area contributed by atoms with Crippen LogP contribution in [-0.4, -0.2) is 26.2 Å². The van der Waals surface area contributed by atoms with Crippen LogP contribution in [-0.2, 0) is 0 Å². The molecule has 2 nitrogen and oxygen atoms in total. The van der Waals surface area contributed by atoms with Crippen molar-refractivity contribution in [3.63, 3.8) is 0 Å². The van der Waals surface area contributed by atoms with Crippen molar-refractivity contribution in [1.29, 1.82) is 0 Å². The standard InChI is InChI=1S/C14H23FN2/c1-11(2)12(3)16-9-10-17(4)14-8-6-5-7-13(14)15/h5-8,11-12,16H,9-10H2,1-4H3. The maximum atomic E-state index is 13.5. The van der Waals surface area contributed by atoms with Crippen molar-refractivity contribution >= 4 is 5.69 Å². The van der Waals surface area contributed by atoms with Gasteiger partial charge in [-0.2, -0.15) is 0 Å². The monoisotopic (exact) mass is 238 g/mol. The number of nitrogens with zero attached hydrogens (tertiary/aromatic N) is 1. The van der Waals surface area contributed by atoms with Crippen LogP contribution in [0.15, 0.2) is 24.3 Å². The molecule has 0 spiro atoms. The Bertz CT molecular complexity index is 339. The fourth-order valence-corrected chi connectivity index (χ4v) is 1.58. The van der Waals surface area contributed by atoms with Crippen LogP contribution in [0.3, 0.4) is 0 Å². The van der Waals surface area contributed by atoms with Gasteiger partial charge in [0.2, 0.25) is 0 Å². The van der Waals surface area contributed by atoms with Crippen LogP contribution < -0.4 is 10.2 Å². The molecule has 3 heteroatoms. The largest absolute Gasteiger partial charge is 0.371 e. The predicted octanol–water partition coefficient (Wildman–Crippen LogP) is 2.90. The number of hydrogen-bond donors (Lipinski definition) is 1. The number of likely N-dealkylation sites (N-methyl/N-ethyl adjacent to an activating group) is 1. The Morgan fingerprint density at radius 1 is 1.24 bits per heavy atom. The predicted molar refractivity (Wildman–Crippen MR) is 72.0 cm³/mol. The highest BCUT2D eigenvalue weighted by Crippen LogP contribution is 2.16. The molecule has 0 heterocycles. The molecule has 96 valence electrons. The van der Waals surface area contributed by atoms with E-state index in [0.717, 1.165) is 13.1 Å². The Morgan fingerprint density at radius 2 is 1.88 bits per heavy atom. The van der Waals surface area contributed by atoms with E-state index in [9.17, 15) is 4.39 Å². The summed E-state index contributed by atoms with van der Waals surface area (Å²) in [6.45, 7) is 8.23. The number of benzene rings is 1. The lowest BCUT2D eigenvalue weighted by Crippen LogP contribution is -2.37. The smallest absolute Gasteiger partial charge is 0.146 e. The summed E-state index contributed by atoms with van der Waals surface area (Å²) in [5, 5.41) is 3.44. The summed E-state index contributed by atoms with van der Waals surface area (Å²) in [6, 6.07) is 7.37. The number of para-hydroxylation sites is 1. The van der Waals surface area contributed by atoms with Crippen LogP contribution in [0.2, 0.25) is 0 Å². The molecule has 0 aliphatic heterocycles. The number of halogens is 1. The van der Waals surface area contributed by atoms with E-state index in [0.29, 0.717) is 17.6 Å². The van der Waals surface area contributed by atoms with Crippen molar-refractivity contribution in [3.8, 4) is 0 Å². The van der Waals surface area contributed by atoms with Crippen LogP contribution in [0, 0.1) is 11.7 Å². The molecule has 0 aliphatic rings. The van der Waals surface area contributed by atoms with Gasteiger partial charge in [-0.3, -0.25) is 0 Å². The summed E-state index contributed by atoms with van der Waals surface area (Å²) < 4.78 is 13.5. The normalized spacial score (nSPS) is 12.8. The van der Waals surface area contributed by atoms with Gasteiger partial charge < -0.3 is 10.2 Å². The van der Waals surface area contributed by atoms with Crippen LogP contribution in [0.4, 0.5) is 10.1 Å². The Hall–Kier alpha value is -1.09. The minimum atomic E-state index is -0.160. The molecular weight excluding hydrogens is 215 g/mol. The Labute approximate surface area is 104 Å². The average Bonchev–Trinajstić information content (AvgIpc) is 2.29. The molecule has 0 amide bonds. The highest BCUT2D eigenvalue weighted by Gasteiger charge is 2.08. The van der Waals surface area contributed by atoms with Crippen LogP contribution in [0.1, 0.15) is 20.8 Å². The second kappa shape index (κ2) is 6.60. The maximum Gasteiger partial charge on any atom is 0.146 e. The molecule has 0 bridgehead atoms. The Balaban J connectivity index is 2.40. The SMILES string of the molecule is CC(C)C(C)NCCN(C)c1ccccc1F. The van der Waals surface area contributed by atoms with Gasteiger partial charge in [0.05, 0.1) is 5.69 Å². The van der Waals surface area contributed by atoms with Gasteiger partial charge in [-0.05, 0) is 25.0 Å². The van der Waals surface area contributed by atoms with Crippen molar-refractivity contribution in [3.05, 3.63) is 30.1 Å². The Kier molecular flexibility index (Phi) is 5.42. The van der Waals surface area contributed by atoms with E-state index >= 15 is 0 Å². The van der Waals surface area contributed by atoms with Crippen molar-refractivity contribution < 1.29 is 4.39 Å². The van der Waals surface area contributed by atoms with Crippen LogP contribution in [0.25, 0.3) is 0 Å². The van der Waals surface area contributed by atoms with E-state index in [1.165, 1.54) is 6.07 Å². The fraction of sp³-hybridized carbons (Fsp3) is 0.571.